The quantitative estimate of drug-likeness (QED) is 0.835. The number of fused-ring (bicyclic) bond motifs is 1. The van der Waals surface area contributed by atoms with Crippen molar-refractivity contribution in [2.75, 3.05) is 26.8 Å². The molecule has 8 heteroatoms. The Balaban J connectivity index is 1.87. The maximum atomic E-state index is 12.8. The third-order valence-corrected chi connectivity index (χ3v) is 6.27. The lowest BCUT2D eigenvalue weighted by atomic mass is 9.99. The van der Waals surface area contributed by atoms with Crippen LogP contribution in [0.3, 0.4) is 0 Å². The Kier molecular flexibility index (Phi) is 4.31. The Morgan fingerprint density at radius 3 is 2.65 bits per heavy atom. The molecule has 23 heavy (non-hydrogen) atoms. The first kappa shape index (κ1) is 16.2. The molecule has 0 atom stereocenters. The minimum absolute atomic E-state index is 0.157. The fourth-order valence-corrected chi connectivity index (χ4v) is 4.46. The average molecular weight is 340 g/mol. The molecule has 0 amide bonds. The van der Waals surface area contributed by atoms with E-state index in [9.17, 15) is 13.2 Å². The molecule has 0 N–H and O–H groups in total. The molecule has 1 aromatic heterocycles. The fourth-order valence-electron chi connectivity index (χ4n) is 2.98. The van der Waals surface area contributed by atoms with Crippen LogP contribution < -0.4 is 5.76 Å². The lowest BCUT2D eigenvalue weighted by Gasteiger charge is -2.30. The molecule has 1 aliphatic rings. The number of benzene rings is 1. The molecule has 3 rings (SSSR count). The molecule has 1 saturated heterocycles. The van der Waals surface area contributed by atoms with Crippen LogP contribution in [0, 0.1) is 5.92 Å². The highest BCUT2D eigenvalue weighted by Crippen LogP contribution is 2.26. The molecule has 1 fully saturated rings. The number of aryl methyl sites for hydroxylation is 1. The van der Waals surface area contributed by atoms with Gasteiger partial charge in [-0.25, -0.2) is 13.2 Å². The van der Waals surface area contributed by atoms with E-state index in [4.69, 9.17) is 9.15 Å². The van der Waals surface area contributed by atoms with E-state index in [-0.39, 0.29) is 10.5 Å². The second-order valence-electron chi connectivity index (χ2n) is 5.86. The molecule has 126 valence electrons. The predicted molar refractivity (Wildman–Crippen MR) is 84.8 cm³/mol. The second-order valence-corrected chi connectivity index (χ2v) is 7.80. The summed E-state index contributed by atoms with van der Waals surface area (Å²) in [5, 5.41) is 0. The second kappa shape index (κ2) is 6.10. The zero-order valence-electron chi connectivity index (χ0n) is 13.2. The topological polar surface area (TPSA) is 81.8 Å². The Labute approximate surface area is 134 Å². The number of nitrogens with zero attached hydrogens (tertiary/aromatic N) is 2. The largest absolute Gasteiger partial charge is 0.419 e. The number of rotatable bonds is 4. The van der Waals surface area contributed by atoms with E-state index in [0.717, 1.165) is 12.8 Å². The summed E-state index contributed by atoms with van der Waals surface area (Å²) in [5.74, 6) is -0.101. The van der Waals surface area contributed by atoms with Gasteiger partial charge in [-0.15, -0.1) is 0 Å². The Bertz CT molecular complexity index is 860. The number of hydrogen-bond donors (Lipinski definition) is 0. The first-order valence-corrected chi connectivity index (χ1v) is 8.96. The van der Waals surface area contributed by atoms with Crippen LogP contribution in [0.5, 0.6) is 0 Å². The van der Waals surface area contributed by atoms with Crippen molar-refractivity contribution >= 4 is 21.1 Å². The smallest absolute Gasteiger partial charge is 0.408 e. The fraction of sp³-hybridized carbons (Fsp3) is 0.533. The van der Waals surface area contributed by atoms with Crippen LogP contribution >= 0.6 is 0 Å². The van der Waals surface area contributed by atoms with Crippen molar-refractivity contribution < 1.29 is 17.6 Å². The summed E-state index contributed by atoms with van der Waals surface area (Å²) in [5.41, 5.74) is 0.862. The van der Waals surface area contributed by atoms with Crippen LogP contribution in [0.2, 0.25) is 0 Å². The minimum atomic E-state index is -3.57. The van der Waals surface area contributed by atoms with E-state index in [0.29, 0.717) is 31.1 Å². The van der Waals surface area contributed by atoms with Crippen molar-refractivity contribution in [1.82, 2.24) is 8.87 Å². The summed E-state index contributed by atoms with van der Waals surface area (Å²) in [7, 11) is -0.329. The molecule has 0 unspecified atom stereocenters. The highest BCUT2D eigenvalue weighted by atomic mass is 32.2. The first-order valence-electron chi connectivity index (χ1n) is 7.52. The number of hydrogen-bond acceptors (Lipinski definition) is 5. The highest BCUT2D eigenvalue weighted by molar-refractivity contribution is 7.89. The SMILES string of the molecule is COCC1CCN(S(=O)(=O)c2ccc3c(c2)oc(=O)n3C)CC1. The first-order chi connectivity index (χ1) is 10.9. The summed E-state index contributed by atoms with van der Waals surface area (Å²) < 4.78 is 38.6. The minimum Gasteiger partial charge on any atom is -0.408 e. The zero-order valence-corrected chi connectivity index (χ0v) is 14.0. The molecule has 1 aliphatic heterocycles. The molecule has 7 nitrogen and oxygen atoms in total. The number of oxazole rings is 1. The van der Waals surface area contributed by atoms with Crippen LogP contribution in [-0.2, 0) is 21.8 Å². The van der Waals surface area contributed by atoms with Gasteiger partial charge in [-0.2, -0.15) is 4.31 Å². The number of ether oxygens (including phenoxy) is 1. The van der Waals surface area contributed by atoms with Gasteiger partial charge in [-0.05, 0) is 30.9 Å². The van der Waals surface area contributed by atoms with Gasteiger partial charge in [-0.3, -0.25) is 4.57 Å². The molecule has 2 heterocycles. The van der Waals surface area contributed by atoms with Crippen molar-refractivity contribution in [3.05, 3.63) is 28.7 Å². The Morgan fingerprint density at radius 1 is 1.30 bits per heavy atom. The van der Waals surface area contributed by atoms with Crippen LogP contribution in [0.15, 0.2) is 32.3 Å². The number of aromatic nitrogens is 1. The molecular formula is C15H20N2O5S. The van der Waals surface area contributed by atoms with Gasteiger partial charge in [0.15, 0.2) is 5.58 Å². The predicted octanol–water partition coefficient (Wildman–Crippen LogP) is 1.18. The summed E-state index contributed by atoms with van der Waals surface area (Å²) >= 11 is 0. The van der Waals surface area contributed by atoms with Gasteiger partial charge in [-0.1, -0.05) is 0 Å². The van der Waals surface area contributed by atoms with E-state index >= 15 is 0 Å². The monoisotopic (exact) mass is 340 g/mol. The van der Waals surface area contributed by atoms with Gasteiger partial charge >= 0.3 is 5.76 Å². The summed E-state index contributed by atoms with van der Waals surface area (Å²) in [6, 6.07) is 4.55. The van der Waals surface area contributed by atoms with Gasteiger partial charge in [0.1, 0.15) is 0 Å². The third kappa shape index (κ3) is 2.93. The summed E-state index contributed by atoms with van der Waals surface area (Å²) in [4.78, 5) is 11.7. The molecule has 0 aliphatic carbocycles. The van der Waals surface area contributed by atoms with Crippen molar-refractivity contribution in [3.63, 3.8) is 0 Å². The van der Waals surface area contributed by atoms with Crippen LogP contribution in [-0.4, -0.2) is 44.1 Å². The van der Waals surface area contributed by atoms with Gasteiger partial charge in [0.25, 0.3) is 0 Å². The van der Waals surface area contributed by atoms with Crippen molar-refractivity contribution in [2.24, 2.45) is 13.0 Å². The maximum absolute atomic E-state index is 12.8. The molecule has 0 saturated carbocycles. The van der Waals surface area contributed by atoms with Crippen LogP contribution in [0.25, 0.3) is 11.1 Å². The highest BCUT2D eigenvalue weighted by Gasteiger charge is 2.29. The average Bonchev–Trinajstić information content (AvgIpc) is 2.82. The number of methoxy groups -OCH3 is 1. The molecular weight excluding hydrogens is 320 g/mol. The molecule has 0 spiro atoms. The number of piperidine rings is 1. The normalized spacial score (nSPS) is 17.8. The van der Waals surface area contributed by atoms with E-state index in [1.807, 2.05) is 0 Å². The van der Waals surface area contributed by atoms with E-state index in [1.165, 1.54) is 21.0 Å². The zero-order chi connectivity index (χ0) is 16.6. The van der Waals surface area contributed by atoms with Gasteiger partial charge in [0.2, 0.25) is 10.0 Å². The van der Waals surface area contributed by atoms with Crippen molar-refractivity contribution in [1.29, 1.82) is 0 Å². The van der Waals surface area contributed by atoms with Crippen LogP contribution in [0.4, 0.5) is 0 Å². The molecule has 0 bridgehead atoms. The van der Waals surface area contributed by atoms with Crippen molar-refractivity contribution in [2.45, 2.75) is 17.7 Å². The van der Waals surface area contributed by atoms with Gasteiger partial charge in [0.05, 0.1) is 10.4 Å². The van der Waals surface area contributed by atoms with E-state index < -0.39 is 15.8 Å². The third-order valence-electron chi connectivity index (χ3n) is 4.38. The Hall–Kier alpha value is -1.64. The maximum Gasteiger partial charge on any atom is 0.419 e. The summed E-state index contributed by atoms with van der Waals surface area (Å²) in [6.07, 6.45) is 1.57. The molecule has 0 radical (unpaired) electrons. The standard InChI is InChI=1S/C15H20N2O5S/c1-16-13-4-3-12(9-14(13)22-15(16)18)23(19,20)17-7-5-11(6-8-17)10-21-2/h3-4,9,11H,5-8,10H2,1-2H3. The van der Waals surface area contributed by atoms with E-state index in [1.54, 1.807) is 20.2 Å². The van der Waals surface area contributed by atoms with Crippen molar-refractivity contribution in [3.8, 4) is 0 Å². The lowest BCUT2D eigenvalue weighted by Crippen LogP contribution is -2.39. The number of sulfonamides is 1. The van der Waals surface area contributed by atoms with Gasteiger partial charge < -0.3 is 9.15 Å². The molecule has 1 aromatic carbocycles. The van der Waals surface area contributed by atoms with Gasteiger partial charge in [0, 0.05) is 39.9 Å². The lowest BCUT2D eigenvalue weighted by molar-refractivity contribution is 0.121. The van der Waals surface area contributed by atoms with E-state index in [2.05, 4.69) is 0 Å². The summed E-state index contributed by atoms with van der Waals surface area (Å²) in [6.45, 7) is 1.62. The molecule has 2 aromatic rings. The Morgan fingerprint density at radius 2 is 2.00 bits per heavy atom. The van der Waals surface area contributed by atoms with Crippen LogP contribution in [0.1, 0.15) is 12.8 Å².